The van der Waals surface area contributed by atoms with Gasteiger partial charge in [-0.2, -0.15) is 0 Å². The summed E-state index contributed by atoms with van der Waals surface area (Å²) in [5, 5.41) is 4.79. The van der Waals surface area contributed by atoms with Gasteiger partial charge in [-0.3, -0.25) is 14.9 Å². The Kier molecular flexibility index (Phi) is 3.95. The summed E-state index contributed by atoms with van der Waals surface area (Å²) >= 11 is 0. The van der Waals surface area contributed by atoms with E-state index in [2.05, 4.69) is 15.6 Å². The summed E-state index contributed by atoms with van der Waals surface area (Å²) in [6.07, 6.45) is 3.26. The minimum Gasteiger partial charge on any atom is -0.460 e. The number of carbonyl (C=O) groups is 3. The van der Waals surface area contributed by atoms with Crippen molar-refractivity contribution in [3.8, 4) is 0 Å². The van der Waals surface area contributed by atoms with Crippen LogP contribution in [0.4, 0.5) is 4.79 Å². The molecule has 0 bridgehead atoms. The first-order valence-electron chi connectivity index (χ1n) is 6.97. The molecule has 120 valence electrons. The lowest BCUT2D eigenvalue weighted by Crippen LogP contribution is -2.46. The Morgan fingerprint density at radius 3 is 2.55 bits per heavy atom. The minimum atomic E-state index is -1.35. The molecule has 1 aromatic rings. The molecule has 0 spiro atoms. The van der Waals surface area contributed by atoms with Gasteiger partial charge in [0.2, 0.25) is 0 Å². The summed E-state index contributed by atoms with van der Waals surface area (Å²) in [6.45, 7) is 5.30. The summed E-state index contributed by atoms with van der Waals surface area (Å²) in [6, 6.07) is -0.600. The number of imide groups is 1. The Morgan fingerprint density at radius 2 is 2.09 bits per heavy atom. The molecule has 1 fully saturated rings. The monoisotopic (exact) mass is 308 g/mol. The smallest absolute Gasteiger partial charge is 0.322 e. The topological polar surface area (TPSA) is 102 Å². The van der Waals surface area contributed by atoms with Gasteiger partial charge in [0, 0.05) is 25.9 Å². The van der Waals surface area contributed by atoms with E-state index in [9.17, 15) is 14.4 Å². The molecule has 3 amide bonds. The maximum Gasteiger partial charge on any atom is 0.322 e. The van der Waals surface area contributed by atoms with Crippen molar-refractivity contribution >= 4 is 17.9 Å². The number of rotatable bonds is 4. The minimum absolute atomic E-state index is 0.0160. The highest BCUT2D eigenvalue weighted by molar-refractivity contribution is 6.07. The number of aromatic nitrogens is 2. The van der Waals surface area contributed by atoms with E-state index in [1.807, 2.05) is 0 Å². The van der Waals surface area contributed by atoms with E-state index >= 15 is 0 Å². The Morgan fingerprint density at radius 1 is 1.41 bits per heavy atom. The largest absolute Gasteiger partial charge is 0.460 e. The molecule has 1 saturated heterocycles. The molecule has 1 aliphatic heterocycles. The predicted octanol–water partition coefficient (Wildman–Crippen LogP) is 0.577. The zero-order valence-corrected chi connectivity index (χ0v) is 13.1. The fraction of sp³-hybridized carbons (Fsp3) is 0.571. The van der Waals surface area contributed by atoms with Crippen LogP contribution in [0.15, 0.2) is 12.4 Å². The summed E-state index contributed by atoms with van der Waals surface area (Å²) in [4.78, 5) is 39.9. The third-order valence-corrected chi connectivity index (χ3v) is 3.27. The number of hydrogen-bond acceptors (Lipinski definition) is 5. The Bertz CT molecular complexity index is 617. The van der Waals surface area contributed by atoms with E-state index in [1.54, 1.807) is 38.6 Å². The molecule has 0 radical (unpaired) electrons. The van der Waals surface area contributed by atoms with Crippen LogP contribution in [-0.4, -0.2) is 33.1 Å². The lowest BCUT2D eigenvalue weighted by molar-refractivity contribution is -0.155. The summed E-state index contributed by atoms with van der Waals surface area (Å²) < 4.78 is 6.88. The van der Waals surface area contributed by atoms with Crippen molar-refractivity contribution in [3.05, 3.63) is 18.2 Å². The van der Waals surface area contributed by atoms with Crippen LogP contribution in [0, 0.1) is 0 Å². The number of aryl methyl sites for hydroxylation is 1. The van der Waals surface area contributed by atoms with Crippen molar-refractivity contribution in [2.45, 2.75) is 44.8 Å². The van der Waals surface area contributed by atoms with E-state index < -0.39 is 29.0 Å². The number of hydrogen-bond donors (Lipinski definition) is 2. The SMILES string of the molecule is Cn1ccnc1C1(CCC(=O)OC(C)(C)C)NC(=O)NC1=O. The quantitative estimate of drug-likeness (QED) is 0.625. The maximum absolute atomic E-state index is 12.3. The Labute approximate surface area is 128 Å². The predicted molar refractivity (Wildman–Crippen MR) is 76.6 cm³/mol. The van der Waals surface area contributed by atoms with Gasteiger partial charge in [0.05, 0.1) is 0 Å². The molecule has 8 nitrogen and oxygen atoms in total. The molecular formula is C14H20N4O4. The van der Waals surface area contributed by atoms with Gasteiger partial charge < -0.3 is 14.6 Å². The number of amides is 3. The van der Waals surface area contributed by atoms with Crippen molar-refractivity contribution in [2.75, 3.05) is 0 Å². The molecule has 0 saturated carbocycles. The normalized spacial score (nSPS) is 21.5. The van der Waals surface area contributed by atoms with E-state index in [-0.39, 0.29) is 12.8 Å². The number of ether oxygens (including phenoxy) is 1. The second-order valence-electron chi connectivity index (χ2n) is 6.26. The highest BCUT2D eigenvalue weighted by Crippen LogP contribution is 2.29. The maximum atomic E-state index is 12.3. The van der Waals surface area contributed by atoms with Crippen molar-refractivity contribution in [3.63, 3.8) is 0 Å². The molecule has 1 aliphatic rings. The molecule has 2 heterocycles. The molecule has 2 rings (SSSR count). The van der Waals surface area contributed by atoms with Crippen LogP contribution in [0.5, 0.6) is 0 Å². The van der Waals surface area contributed by atoms with Crippen LogP contribution < -0.4 is 10.6 Å². The van der Waals surface area contributed by atoms with E-state index in [0.29, 0.717) is 5.82 Å². The lowest BCUT2D eigenvalue weighted by Gasteiger charge is -2.26. The van der Waals surface area contributed by atoms with Crippen LogP contribution in [0.1, 0.15) is 39.4 Å². The molecule has 22 heavy (non-hydrogen) atoms. The molecule has 1 aromatic heterocycles. The van der Waals surface area contributed by atoms with E-state index in [1.165, 1.54) is 6.20 Å². The molecule has 0 aliphatic carbocycles. The fourth-order valence-corrected chi connectivity index (χ4v) is 2.40. The lowest BCUT2D eigenvalue weighted by atomic mass is 9.92. The van der Waals surface area contributed by atoms with Crippen molar-refractivity contribution < 1.29 is 19.1 Å². The van der Waals surface area contributed by atoms with Gasteiger partial charge in [-0.25, -0.2) is 9.78 Å². The molecule has 1 atom stereocenters. The number of carbonyl (C=O) groups excluding carboxylic acids is 3. The zero-order valence-electron chi connectivity index (χ0n) is 13.1. The third-order valence-electron chi connectivity index (χ3n) is 3.27. The number of esters is 1. The first-order valence-corrected chi connectivity index (χ1v) is 6.97. The highest BCUT2D eigenvalue weighted by Gasteiger charge is 2.50. The fourth-order valence-electron chi connectivity index (χ4n) is 2.40. The molecular weight excluding hydrogens is 288 g/mol. The van der Waals surface area contributed by atoms with Crippen molar-refractivity contribution in [1.82, 2.24) is 20.2 Å². The zero-order chi connectivity index (χ0) is 16.5. The average molecular weight is 308 g/mol. The number of nitrogens with one attached hydrogen (secondary N) is 2. The molecule has 1 unspecified atom stereocenters. The van der Waals surface area contributed by atoms with Crippen LogP contribution in [0.2, 0.25) is 0 Å². The number of nitrogens with zero attached hydrogens (tertiary/aromatic N) is 2. The Hall–Kier alpha value is -2.38. The van der Waals surface area contributed by atoms with Crippen molar-refractivity contribution in [1.29, 1.82) is 0 Å². The second kappa shape index (κ2) is 5.43. The van der Waals surface area contributed by atoms with Gasteiger partial charge in [0.1, 0.15) is 11.4 Å². The van der Waals surface area contributed by atoms with Crippen LogP contribution in [0.25, 0.3) is 0 Å². The van der Waals surface area contributed by atoms with Crippen LogP contribution >= 0.6 is 0 Å². The van der Waals surface area contributed by atoms with Crippen LogP contribution in [-0.2, 0) is 26.9 Å². The molecule has 0 aromatic carbocycles. The number of urea groups is 1. The van der Waals surface area contributed by atoms with Gasteiger partial charge in [-0.05, 0) is 27.2 Å². The second-order valence-corrected chi connectivity index (χ2v) is 6.26. The first-order chi connectivity index (χ1) is 10.1. The summed E-state index contributed by atoms with van der Waals surface area (Å²) in [7, 11) is 1.72. The molecule has 8 heteroatoms. The third kappa shape index (κ3) is 3.10. The summed E-state index contributed by atoms with van der Waals surface area (Å²) in [5.41, 5.74) is -1.96. The van der Waals surface area contributed by atoms with Crippen LogP contribution in [0.3, 0.4) is 0 Å². The summed E-state index contributed by atoms with van der Waals surface area (Å²) in [5.74, 6) is -0.579. The van der Waals surface area contributed by atoms with Gasteiger partial charge in [-0.15, -0.1) is 0 Å². The van der Waals surface area contributed by atoms with E-state index in [4.69, 9.17) is 4.74 Å². The van der Waals surface area contributed by atoms with Gasteiger partial charge >= 0.3 is 12.0 Å². The number of imidazole rings is 1. The van der Waals surface area contributed by atoms with Gasteiger partial charge in [-0.1, -0.05) is 0 Å². The Balaban J connectivity index is 2.21. The molecule has 2 N–H and O–H groups in total. The standard InChI is InChI=1S/C14H20N4O4/c1-13(2,3)22-9(19)5-6-14(10-15-7-8-18(10)4)11(20)16-12(21)17-14/h7-8H,5-6H2,1-4H3,(H2,16,17,20,21). The highest BCUT2D eigenvalue weighted by atomic mass is 16.6. The van der Waals surface area contributed by atoms with Crippen molar-refractivity contribution in [2.24, 2.45) is 7.05 Å². The van der Waals surface area contributed by atoms with Gasteiger partial charge in [0.15, 0.2) is 5.54 Å². The van der Waals surface area contributed by atoms with Gasteiger partial charge in [0.25, 0.3) is 5.91 Å². The first kappa shape index (κ1) is 16.0. The van der Waals surface area contributed by atoms with E-state index in [0.717, 1.165) is 0 Å². The average Bonchev–Trinajstić information content (AvgIpc) is 2.89.